The molecule has 0 spiro atoms. The van der Waals surface area contributed by atoms with Crippen molar-refractivity contribution in [3.63, 3.8) is 0 Å². The van der Waals surface area contributed by atoms with Crippen LogP contribution in [0.5, 0.6) is 0 Å². The molecule has 2 aromatic rings. The summed E-state index contributed by atoms with van der Waals surface area (Å²) in [4.78, 5) is 23.1. The zero-order chi connectivity index (χ0) is 20.7. The summed E-state index contributed by atoms with van der Waals surface area (Å²) >= 11 is 0. The van der Waals surface area contributed by atoms with Gasteiger partial charge in [0, 0.05) is 24.7 Å². The van der Waals surface area contributed by atoms with Gasteiger partial charge in [0.2, 0.25) is 5.91 Å². The molecule has 0 atom stereocenters. The van der Waals surface area contributed by atoms with Crippen molar-refractivity contribution in [2.24, 2.45) is 0 Å². The number of hydrogen-bond acceptors (Lipinski definition) is 4. The number of hydrogen-bond donors (Lipinski definition) is 2. The lowest BCUT2D eigenvalue weighted by Gasteiger charge is -2.20. The van der Waals surface area contributed by atoms with Crippen LogP contribution in [0.15, 0.2) is 42.5 Å². The fourth-order valence-electron chi connectivity index (χ4n) is 3.15. The first-order valence-electron chi connectivity index (χ1n) is 9.71. The number of carbonyl (C=O) groups is 1. The third kappa shape index (κ3) is 5.55. The van der Waals surface area contributed by atoms with Crippen molar-refractivity contribution in [3.8, 4) is 0 Å². The van der Waals surface area contributed by atoms with Crippen LogP contribution in [0.1, 0.15) is 63.5 Å². The van der Waals surface area contributed by atoms with E-state index in [1.807, 2.05) is 6.07 Å². The maximum Gasteiger partial charge on any atom is 0.292 e. The summed E-state index contributed by atoms with van der Waals surface area (Å²) in [7, 11) is 0. The maximum absolute atomic E-state index is 12.5. The van der Waals surface area contributed by atoms with E-state index in [4.69, 9.17) is 0 Å². The van der Waals surface area contributed by atoms with Crippen LogP contribution in [-0.4, -0.2) is 17.4 Å². The Bertz CT molecular complexity index is 805. The highest BCUT2D eigenvalue weighted by Crippen LogP contribution is 2.32. The molecule has 150 valence electrons. The number of para-hydroxylation sites is 3. The smallest absolute Gasteiger partial charge is 0.292 e. The molecule has 6 nitrogen and oxygen atoms in total. The number of nitro groups is 1. The Morgan fingerprint density at radius 1 is 1.00 bits per heavy atom. The van der Waals surface area contributed by atoms with Crippen molar-refractivity contribution >= 4 is 23.0 Å². The predicted octanol–water partition coefficient (Wildman–Crippen LogP) is 5.67. The largest absolute Gasteiger partial charge is 0.379 e. The Balaban J connectivity index is 1.96. The van der Waals surface area contributed by atoms with E-state index >= 15 is 0 Å². The third-order valence-corrected chi connectivity index (χ3v) is 4.63. The first-order valence-corrected chi connectivity index (χ1v) is 9.71. The number of rotatable bonds is 9. The number of nitrogens with zero attached hydrogens (tertiary/aromatic N) is 1. The molecule has 0 fully saturated rings. The SMILES string of the molecule is CC(C)c1cccc(C(C)C)c1NC(=O)CCCNc1ccccc1[N+](=O)[O-]. The van der Waals surface area contributed by atoms with Crippen LogP contribution >= 0.6 is 0 Å². The molecule has 0 aliphatic heterocycles. The Hall–Kier alpha value is -2.89. The Labute approximate surface area is 166 Å². The fraction of sp³-hybridized carbons (Fsp3) is 0.409. The molecule has 0 saturated carbocycles. The average Bonchev–Trinajstić information content (AvgIpc) is 2.65. The normalized spacial score (nSPS) is 10.9. The second-order valence-corrected chi connectivity index (χ2v) is 7.47. The lowest BCUT2D eigenvalue weighted by Crippen LogP contribution is -2.17. The molecule has 0 bridgehead atoms. The van der Waals surface area contributed by atoms with Gasteiger partial charge in [-0.15, -0.1) is 0 Å². The molecule has 0 radical (unpaired) electrons. The van der Waals surface area contributed by atoms with Gasteiger partial charge in [0.1, 0.15) is 5.69 Å². The second-order valence-electron chi connectivity index (χ2n) is 7.47. The van der Waals surface area contributed by atoms with E-state index in [9.17, 15) is 14.9 Å². The molecule has 0 aliphatic rings. The maximum atomic E-state index is 12.5. The van der Waals surface area contributed by atoms with Crippen molar-refractivity contribution < 1.29 is 9.72 Å². The third-order valence-electron chi connectivity index (χ3n) is 4.63. The van der Waals surface area contributed by atoms with Gasteiger partial charge >= 0.3 is 0 Å². The number of nitro benzene ring substituents is 1. The second kappa shape index (κ2) is 9.88. The molecule has 0 unspecified atom stereocenters. The molecule has 6 heteroatoms. The van der Waals surface area contributed by atoms with E-state index in [1.54, 1.807) is 18.2 Å². The highest BCUT2D eigenvalue weighted by atomic mass is 16.6. The zero-order valence-electron chi connectivity index (χ0n) is 17.0. The van der Waals surface area contributed by atoms with Gasteiger partial charge in [-0.1, -0.05) is 58.0 Å². The van der Waals surface area contributed by atoms with Gasteiger partial charge in [-0.25, -0.2) is 0 Å². The van der Waals surface area contributed by atoms with Crippen LogP contribution in [0, 0.1) is 10.1 Å². The van der Waals surface area contributed by atoms with Gasteiger partial charge in [-0.3, -0.25) is 14.9 Å². The molecule has 2 N–H and O–H groups in total. The summed E-state index contributed by atoms with van der Waals surface area (Å²) in [5.41, 5.74) is 3.71. The molecule has 0 aliphatic carbocycles. The molecule has 0 saturated heterocycles. The molecular weight excluding hydrogens is 354 g/mol. The quantitative estimate of drug-likeness (QED) is 0.332. The summed E-state index contributed by atoms with van der Waals surface area (Å²) in [6.45, 7) is 8.95. The summed E-state index contributed by atoms with van der Waals surface area (Å²) in [5.74, 6) is 0.586. The molecule has 0 aromatic heterocycles. The minimum absolute atomic E-state index is 0.0411. The van der Waals surface area contributed by atoms with Gasteiger partial charge in [0.05, 0.1) is 4.92 Å². The summed E-state index contributed by atoms with van der Waals surface area (Å²) in [5, 5.41) is 17.2. The number of amides is 1. The summed E-state index contributed by atoms with van der Waals surface area (Å²) in [6.07, 6.45) is 0.927. The lowest BCUT2D eigenvalue weighted by molar-refractivity contribution is -0.384. The number of benzene rings is 2. The first-order chi connectivity index (χ1) is 13.3. The van der Waals surface area contributed by atoms with E-state index in [-0.39, 0.29) is 11.6 Å². The van der Waals surface area contributed by atoms with Gasteiger partial charge in [0.25, 0.3) is 5.69 Å². The van der Waals surface area contributed by atoms with Crippen molar-refractivity contribution in [1.29, 1.82) is 0 Å². The number of anilines is 2. The van der Waals surface area contributed by atoms with Crippen molar-refractivity contribution in [3.05, 3.63) is 63.7 Å². The zero-order valence-corrected chi connectivity index (χ0v) is 17.0. The topological polar surface area (TPSA) is 84.3 Å². The average molecular weight is 383 g/mol. The Kier molecular flexibility index (Phi) is 7.55. The van der Waals surface area contributed by atoms with E-state index in [2.05, 4.69) is 50.5 Å². The van der Waals surface area contributed by atoms with Crippen LogP contribution in [0.4, 0.5) is 17.1 Å². The van der Waals surface area contributed by atoms with Crippen LogP contribution in [0.2, 0.25) is 0 Å². The first kappa shape index (κ1) is 21.4. The van der Waals surface area contributed by atoms with E-state index in [0.717, 1.165) is 16.8 Å². The summed E-state index contributed by atoms with van der Waals surface area (Å²) in [6, 6.07) is 12.7. The molecule has 1 amide bonds. The minimum atomic E-state index is -0.411. The Morgan fingerprint density at radius 2 is 1.61 bits per heavy atom. The van der Waals surface area contributed by atoms with Gasteiger partial charge in [-0.2, -0.15) is 0 Å². The van der Waals surface area contributed by atoms with E-state index in [0.29, 0.717) is 36.9 Å². The lowest BCUT2D eigenvalue weighted by atomic mass is 9.92. The van der Waals surface area contributed by atoms with Crippen molar-refractivity contribution in [2.45, 2.75) is 52.4 Å². The molecule has 28 heavy (non-hydrogen) atoms. The monoisotopic (exact) mass is 383 g/mol. The van der Waals surface area contributed by atoms with Crippen LogP contribution in [-0.2, 0) is 4.79 Å². The van der Waals surface area contributed by atoms with E-state index in [1.165, 1.54) is 6.07 Å². The highest BCUT2D eigenvalue weighted by Gasteiger charge is 2.16. The number of nitrogens with one attached hydrogen (secondary N) is 2. The standard InChI is InChI=1S/C22H29N3O3/c1-15(2)17-9-7-10-18(16(3)4)22(17)24-21(26)13-8-14-23-19-11-5-6-12-20(19)25(27)28/h5-7,9-12,15-16,23H,8,13-14H2,1-4H3,(H,24,26). The molecule has 2 aromatic carbocycles. The molecule has 2 rings (SSSR count). The number of carbonyl (C=O) groups excluding carboxylic acids is 1. The fourth-order valence-corrected chi connectivity index (χ4v) is 3.15. The van der Waals surface area contributed by atoms with Gasteiger partial charge in [0.15, 0.2) is 0 Å². The van der Waals surface area contributed by atoms with E-state index < -0.39 is 4.92 Å². The van der Waals surface area contributed by atoms with Crippen LogP contribution in [0.25, 0.3) is 0 Å². The van der Waals surface area contributed by atoms with Gasteiger partial charge in [-0.05, 0) is 35.4 Å². The van der Waals surface area contributed by atoms with Crippen LogP contribution in [0.3, 0.4) is 0 Å². The van der Waals surface area contributed by atoms with Crippen LogP contribution < -0.4 is 10.6 Å². The van der Waals surface area contributed by atoms with Gasteiger partial charge < -0.3 is 10.6 Å². The highest BCUT2D eigenvalue weighted by molar-refractivity contribution is 5.92. The molecular formula is C22H29N3O3. The van der Waals surface area contributed by atoms with Crippen molar-refractivity contribution in [1.82, 2.24) is 0 Å². The Morgan fingerprint density at radius 3 is 2.18 bits per heavy atom. The molecule has 0 heterocycles. The predicted molar refractivity (Wildman–Crippen MR) is 114 cm³/mol. The van der Waals surface area contributed by atoms with Crippen molar-refractivity contribution in [2.75, 3.05) is 17.2 Å². The summed E-state index contributed by atoms with van der Waals surface area (Å²) < 4.78 is 0. The minimum Gasteiger partial charge on any atom is -0.379 e.